The Morgan fingerprint density at radius 2 is 2.38 bits per heavy atom. The van der Waals surface area contributed by atoms with E-state index in [-0.39, 0.29) is 5.91 Å². The van der Waals surface area contributed by atoms with E-state index in [0.29, 0.717) is 10.1 Å². The minimum absolute atomic E-state index is 0.0584. The average molecular weight is 362 g/mol. The lowest BCUT2D eigenvalue weighted by Gasteiger charge is -2.06. The Labute approximate surface area is 116 Å². The van der Waals surface area contributed by atoms with Gasteiger partial charge in [-0.25, -0.2) is 0 Å². The zero-order chi connectivity index (χ0) is 11.5. The molecule has 1 aromatic rings. The Bertz CT molecular complexity index is 460. The molecule has 1 fully saturated rings. The second-order valence-corrected chi connectivity index (χ2v) is 5.91. The van der Waals surface area contributed by atoms with Gasteiger partial charge in [0.05, 0.1) is 12.0 Å². The lowest BCUT2D eigenvalue weighted by molar-refractivity contribution is -0.123. The van der Waals surface area contributed by atoms with Gasteiger partial charge in [-0.05, 0) is 40.3 Å². The van der Waals surface area contributed by atoms with Crippen molar-refractivity contribution in [2.24, 2.45) is 5.10 Å². The highest BCUT2D eigenvalue weighted by atomic mass is 127. The van der Waals surface area contributed by atoms with E-state index in [1.807, 2.05) is 24.3 Å². The third-order valence-corrected chi connectivity index (χ3v) is 3.91. The van der Waals surface area contributed by atoms with Gasteiger partial charge in [0.2, 0.25) is 0 Å². The first kappa shape index (κ1) is 12.0. The van der Waals surface area contributed by atoms with Gasteiger partial charge in [-0.3, -0.25) is 4.79 Å². The summed E-state index contributed by atoms with van der Waals surface area (Å²) in [5.74, 6) is 0.333. The van der Waals surface area contributed by atoms with Crippen molar-refractivity contribution in [3.05, 3.63) is 33.4 Å². The van der Waals surface area contributed by atoms with Crippen LogP contribution in [0.15, 0.2) is 29.4 Å². The maximum atomic E-state index is 11.4. The van der Waals surface area contributed by atoms with Crippen LogP contribution in [0.5, 0.6) is 0 Å². The molecule has 0 bridgehead atoms. The molecule has 0 aromatic heterocycles. The van der Waals surface area contributed by atoms with Gasteiger partial charge < -0.3 is 0 Å². The summed E-state index contributed by atoms with van der Waals surface area (Å²) in [7, 11) is 0. The van der Waals surface area contributed by atoms with Crippen LogP contribution in [0.4, 0.5) is 0 Å². The average Bonchev–Trinajstić information content (AvgIpc) is 2.56. The van der Waals surface area contributed by atoms with Crippen molar-refractivity contribution in [2.45, 2.75) is 0 Å². The highest BCUT2D eigenvalue weighted by Crippen LogP contribution is 2.19. The monoisotopic (exact) mass is 362 g/mol. The van der Waals surface area contributed by atoms with Gasteiger partial charge in [0, 0.05) is 3.57 Å². The SMILES string of the molecule is O=C1CSC(=S)N1N=Cc1cccc(I)c1. The zero-order valence-electron chi connectivity index (χ0n) is 8.09. The first-order chi connectivity index (χ1) is 7.66. The van der Waals surface area contributed by atoms with Crippen LogP contribution in [0.2, 0.25) is 0 Å². The molecule has 1 saturated heterocycles. The molecule has 16 heavy (non-hydrogen) atoms. The molecule has 1 aliphatic rings. The molecule has 1 aromatic carbocycles. The molecule has 6 heteroatoms. The molecule has 1 amide bonds. The van der Waals surface area contributed by atoms with Crippen molar-refractivity contribution in [3.8, 4) is 0 Å². The molecule has 0 atom stereocenters. The lowest BCUT2D eigenvalue weighted by Crippen LogP contribution is -2.22. The molecule has 0 spiro atoms. The smallest absolute Gasteiger partial charge is 0.259 e. The normalized spacial score (nSPS) is 16.4. The lowest BCUT2D eigenvalue weighted by atomic mass is 10.2. The molecule has 0 unspecified atom stereocenters. The number of nitrogens with zero attached hydrogens (tertiary/aromatic N) is 2. The molecular weight excluding hydrogens is 355 g/mol. The Balaban J connectivity index is 2.15. The fourth-order valence-electron chi connectivity index (χ4n) is 1.17. The molecule has 0 aliphatic carbocycles. The van der Waals surface area contributed by atoms with Crippen LogP contribution in [0.3, 0.4) is 0 Å². The van der Waals surface area contributed by atoms with E-state index < -0.39 is 0 Å². The molecule has 0 saturated carbocycles. The van der Waals surface area contributed by atoms with E-state index in [9.17, 15) is 4.79 Å². The van der Waals surface area contributed by atoms with Gasteiger partial charge in [0.15, 0.2) is 4.32 Å². The van der Waals surface area contributed by atoms with E-state index >= 15 is 0 Å². The van der Waals surface area contributed by atoms with Gasteiger partial charge >= 0.3 is 0 Å². The fourth-order valence-corrected chi connectivity index (χ4v) is 2.70. The Morgan fingerprint density at radius 1 is 1.56 bits per heavy atom. The molecule has 1 aliphatic heterocycles. The van der Waals surface area contributed by atoms with Crippen LogP contribution in [0.25, 0.3) is 0 Å². The number of hydrogen-bond donors (Lipinski definition) is 0. The van der Waals surface area contributed by atoms with E-state index in [0.717, 1.165) is 9.13 Å². The van der Waals surface area contributed by atoms with E-state index in [4.69, 9.17) is 12.2 Å². The number of hydrazone groups is 1. The van der Waals surface area contributed by atoms with Crippen molar-refractivity contribution < 1.29 is 4.79 Å². The van der Waals surface area contributed by atoms with Gasteiger partial charge in [-0.1, -0.05) is 36.1 Å². The summed E-state index contributed by atoms with van der Waals surface area (Å²) in [6.45, 7) is 0. The van der Waals surface area contributed by atoms with Gasteiger partial charge in [-0.15, -0.1) is 0 Å². The van der Waals surface area contributed by atoms with E-state index in [2.05, 4.69) is 27.7 Å². The highest BCUT2D eigenvalue weighted by molar-refractivity contribution is 14.1. The molecule has 1 heterocycles. The van der Waals surface area contributed by atoms with Gasteiger partial charge in [0.25, 0.3) is 5.91 Å². The second kappa shape index (κ2) is 5.24. The number of amides is 1. The fraction of sp³-hybridized carbons (Fsp3) is 0.100. The van der Waals surface area contributed by atoms with Gasteiger partial charge in [0.1, 0.15) is 0 Å². The second-order valence-electron chi connectivity index (χ2n) is 3.06. The summed E-state index contributed by atoms with van der Waals surface area (Å²) in [6.07, 6.45) is 1.65. The first-order valence-electron chi connectivity index (χ1n) is 4.46. The minimum Gasteiger partial charge on any atom is -0.272 e. The highest BCUT2D eigenvalue weighted by Gasteiger charge is 2.25. The van der Waals surface area contributed by atoms with Crippen molar-refractivity contribution in [1.82, 2.24) is 5.01 Å². The first-order valence-corrected chi connectivity index (χ1v) is 6.93. The Hall–Kier alpha value is -0.470. The number of thioether (sulfide) groups is 1. The number of benzene rings is 1. The van der Waals surface area contributed by atoms with Crippen LogP contribution in [0, 0.1) is 3.57 Å². The van der Waals surface area contributed by atoms with Crippen molar-refractivity contribution >= 4 is 63.0 Å². The number of carbonyl (C=O) groups excluding carboxylic acids is 1. The number of thiocarbonyl (C=S) groups is 1. The maximum absolute atomic E-state index is 11.4. The summed E-state index contributed by atoms with van der Waals surface area (Å²) in [5.41, 5.74) is 0.958. The minimum atomic E-state index is -0.0584. The summed E-state index contributed by atoms with van der Waals surface area (Å²) >= 11 is 8.59. The van der Waals surface area contributed by atoms with Crippen molar-refractivity contribution in [1.29, 1.82) is 0 Å². The van der Waals surface area contributed by atoms with E-state index in [1.54, 1.807) is 6.21 Å². The van der Waals surface area contributed by atoms with Crippen LogP contribution in [-0.2, 0) is 4.79 Å². The number of hydrogen-bond acceptors (Lipinski definition) is 4. The Morgan fingerprint density at radius 3 is 3.00 bits per heavy atom. The summed E-state index contributed by atoms with van der Waals surface area (Å²) in [4.78, 5) is 11.4. The number of halogens is 1. The zero-order valence-corrected chi connectivity index (χ0v) is 11.9. The van der Waals surface area contributed by atoms with Crippen LogP contribution in [0.1, 0.15) is 5.56 Å². The third-order valence-electron chi connectivity index (χ3n) is 1.90. The van der Waals surface area contributed by atoms with Crippen molar-refractivity contribution in [3.63, 3.8) is 0 Å². The number of carbonyl (C=O) groups is 1. The quantitative estimate of drug-likeness (QED) is 0.460. The van der Waals surface area contributed by atoms with Crippen LogP contribution in [-0.4, -0.2) is 27.2 Å². The topological polar surface area (TPSA) is 32.7 Å². The molecule has 82 valence electrons. The maximum Gasteiger partial charge on any atom is 0.259 e. The third kappa shape index (κ3) is 2.80. The molecule has 2 rings (SSSR count). The number of rotatable bonds is 2. The molecular formula is C10H7IN2OS2. The van der Waals surface area contributed by atoms with E-state index in [1.165, 1.54) is 16.8 Å². The molecule has 3 nitrogen and oxygen atoms in total. The van der Waals surface area contributed by atoms with Gasteiger partial charge in [-0.2, -0.15) is 10.1 Å². The largest absolute Gasteiger partial charge is 0.272 e. The predicted octanol–water partition coefficient (Wildman–Crippen LogP) is 2.49. The van der Waals surface area contributed by atoms with Crippen molar-refractivity contribution in [2.75, 3.05) is 5.75 Å². The standard InChI is InChI=1S/C10H7IN2OS2/c11-8-3-1-2-7(4-8)5-12-13-9(14)6-16-10(13)15/h1-5H,6H2. The molecule has 0 radical (unpaired) electrons. The Kier molecular flexibility index (Phi) is 3.93. The predicted molar refractivity (Wildman–Crippen MR) is 78.7 cm³/mol. The summed E-state index contributed by atoms with van der Waals surface area (Å²) in [5, 5.41) is 5.37. The summed E-state index contributed by atoms with van der Waals surface area (Å²) in [6, 6.07) is 7.87. The molecule has 0 N–H and O–H groups in total. The summed E-state index contributed by atoms with van der Waals surface area (Å²) < 4.78 is 1.65. The van der Waals surface area contributed by atoms with Crippen LogP contribution >= 0.6 is 46.6 Å². The van der Waals surface area contributed by atoms with Crippen LogP contribution < -0.4 is 0 Å².